The summed E-state index contributed by atoms with van der Waals surface area (Å²) in [6, 6.07) is 13.3. The van der Waals surface area contributed by atoms with Gasteiger partial charge in [-0.1, -0.05) is 18.2 Å². The number of carbonyl (C=O) groups is 1. The summed E-state index contributed by atoms with van der Waals surface area (Å²) in [6.07, 6.45) is 1.68. The number of nitrogens with zero attached hydrogens (tertiary/aromatic N) is 1. The van der Waals surface area contributed by atoms with Gasteiger partial charge in [0.05, 0.1) is 9.99 Å². The molecular weight excluding hydrogens is 321 g/mol. The van der Waals surface area contributed by atoms with E-state index in [0.717, 1.165) is 10.9 Å². The summed E-state index contributed by atoms with van der Waals surface area (Å²) in [5.41, 5.74) is 1.59. The molecular formula is C16H9BrFNO. The van der Waals surface area contributed by atoms with Crippen molar-refractivity contribution in [2.24, 2.45) is 0 Å². The van der Waals surface area contributed by atoms with Gasteiger partial charge in [0.25, 0.3) is 0 Å². The van der Waals surface area contributed by atoms with E-state index in [0.29, 0.717) is 15.6 Å². The van der Waals surface area contributed by atoms with E-state index < -0.39 is 5.82 Å². The van der Waals surface area contributed by atoms with E-state index >= 15 is 0 Å². The Morgan fingerprint density at radius 3 is 2.75 bits per heavy atom. The zero-order chi connectivity index (χ0) is 14.1. The van der Waals surface area contributed by atoms with E-state index in [1.165, 1.54) is 12.1 Å². The van der Waals surface area contributed by atoms with E-state index in [4.69, 9.17) is 0 Å². The first-order chi connectivity index (χ1) is 9.66. The Morgan fingerprint density at radius 1 is 1.10 bits per heavy atom. The Kier molecular flexibility index (Phi) is 3.32. The van der Waals surface area contributed by atoms with Crippen molar-refractivity contribution in [3.05, 3.63) is 76.1 Å². The fourth-order valence-electron chi connectivity index (χ4n) is 2.09. The second-order valence-electron chi connectivity index (χ2n) is 4.33. The molecule has 2 nitrogen and oxygen atoms in total. The lowest BCUT2D eigenvalue weighted by Gasteiger charge is -2.06. The molecule has 3 rings (SSSR count). The summed E-state index contributed by atoms with van der Waals surface area (Å²) in [6.45, 7) is 0. The molecule has 0 N–H and O–H groups in total. The van der Waals surface area contributed by atoms with Crippen LogP contribution in [0.15, 0.2) is 59.2 Å². The van der Waals surface area contributed by atoms with Crippen LogP contribution < -0.4 is 0 Å². The number of benzene rings is 2. The Balaban J connectivity index is 2.15. The minimum absolute atomic E-state index is 0.213. The second kappa shape index (κ2) is 5.13. The summed E-state index contributed by atoms with van der Waals surface area (Å²) in [5.74, 6) is -0.663. The molecule has 1 heterocycles. The minimum Gasteiger partial charge on any atom is -0.289 e. The number of ketones is 1. The number of hydrogen-bond acceptors (Lipinski definition) is 2. The van der Waals surface area contributed by atoms with Gasteiger partial charge < -0.3 is 0 Å². The lowest BCUT2D eigenvalue weighted by Crippen LogP contribution is -2.03. The van der Waals surface area contributed by atoms with Crippen LogP contribution in [0.4, 0.5) is 4.39 Å². The van der Waals surface area contributed by atoms with Crippen LogP contribution in [0.1, 0.15) is 15.9 Å². The van der Waals surface area contributed by atoms with Gasteiger partial charge in [-0.25, -0.2) is 4.39 Å². The molecule has 0 bridgehead atoms. The molecule has 1 aromatic heterocycles. The highest BCUT2D eigenvalue weighted by Gasteiger charge is 2.14. The molecule has 0 saturated carbocycles. The summed E-state index contributed by atoms with van der Waals surface area (Å²) in [7, 11) is 0. The van der Waals surface area contributed by atoms with E-state index in [1.807, 2.05) is 12.1 Å². The van der Waals surface area contributed by atoms with Crippen LogP contribution in [0.5, 0.6) is 0 Å². The van der Waals surface area contributed by atoms with Gasteiger partial charge in [-0.15, -0.1) is 0 Å². The molecule has 0 radical (unpaired) electrons. The summed E-state index contributed by atoms with van der Waals surface area (Å²) >= 11 is 3.08. The van der Waals surface area contributed by atoms with Crippen molar-refractivity contribution in [2.45, 2.75) is 0 Å². The van der Waals surface area contributed by atoms with Crippen LogP contribution in [0.2, 0.25) is 0 Å². The number of hydrogen-bond donors (Lipinski definition) is 0. The SMILES string of the molecule is O=C(c1ccc(Br)c(F)c1)c1cccc2ncccc12. The zero-order valence-electron chi connectivity index (χ0n) is 10.3. The Morgan fingerprint density at radius 2 is 1.95 bits per heavy atom. The fourth-order valence-corrected chi connectivity index (χ4v) is 2.34. The van der Waals surface area contributed by atoms with Gasteiger partial charge in [0.15, 0.2) is 5.78 Å². The third kappa shape index (κ3) is 2.23. The molecule has 4 heteroatoms. The normalized spacial score (nSPS) is 10.7. The average Bonchev–Trinajstić information content (AvgIpc) is 2.49. The van der Waals surface area contributed by atoms with Crippen molar-refractivity contribution >= 4 is 32.6 Å². The molecule has 0 aliphatic rings. The Labute approximate surface area is 123 Å². The zero-order valence-corrected chi connectivity index (χ0v) is 11.9. The minimum atomic E-state index is -0.450. The first kappa shape index (κ1) is 12.9. The lowest BCUT2D eigenvalue weighted by atomic mass is 9.99. The number of rotatable bonds is 2. The Hall–Kier alpha value is -2.07. The van der Waals surface area contributed by atoms with Crippen molar-refractivity contribution in [2.75, 3.05) is 0 Å². The van der Waals surface area contributed by atoms with Crippen molar-refractivity contribution < 1.29 is 9.18 Å². The van der Waals surface area contributed by atoms with Crippen LogP contribution in [-0.2, 0) is 0 Å². The number of aromatic nitrogens is 1. The van der Waals surface area contributed by atoms with Crippen LogP contribution in [0.3, 0.4) is 0 Å². The van der Waals surface area contributed by atoms with Crippen LogP contribution in [0.25, 0.3) is 10.9 Å². The van der Waals surface area contributed by atoms with Gasteiger partial charge in [-0.3, -0.25) is 9.78 Å². The molecule has 2 aromatic carbocycles. The molecule has 0 unspecified atom stereocenters. The monoisotopic (exact) mass is 329 g/mol. The maximum Gasteiger partial charge on any atom is 0.193 e. The molecule has 0 saturated heterocycles. The topological polar surface area (TPSA) is 30.0 Å². The predicted molar refractivity (Wildman–Crippen MR) is 79.3 cm³/mol. The highest BCUT2D eigenvalue weighted by atomic mass is 79.9. The maximum atomic E-state index is 13.6. The molecule has 20 heavy (non-hydrogen) atoms. The molecule has 0 spiro atoms. The largest absolute Gasteiger partial charge is 0.289 e. The highest BCUT2D eigenvalue weighted by Crippen LogP contribution is 2.22. The first-order valence-corrected chi connectivity index (χ1v) is 6.79. The van der Waals surface area contributed by atoms with Gasteiger partial charge in [-0.05, 0) is 46.3 Å². The van der Waals surface area contributed by atoms with E-state index in [9.17, 15) is 9.18 Å². The quantitative estimate of drug-likeness (QED) is 0.653. The third-order valence-electron chi connectivity index (χ3n) is 3.07. The fraction of sp³-hybridized carbons (Fsp3) is 0. The van der Waals surface area contributed by atoms with Crippen molar-refractivity contribution in [1.29, 1.82) is 0 Å². The predicted octanol–water partition coefficient (Wildman–Crippen LogP) is 4.37. The second-order valence-corrected chi connectivity index (χ2v) is 5.19. The van der Waals surface area contributed by atoms with Gasteiger partial charge in [0.1, 0.15) is 5.82 Å². The lowest BCUT2D eigenvalue weighted by molar-refractivity contribution is 0.104. The van der Waals surface area contributed by atoms with Crippen molar-refractivity contribution in [3.8, 4) is 0 Å². The molecule has 0 fully saturated rings. The van der Waals surface area contributed by atoms with Crippen molar-refractivity contribution in [1.82, 2.24) is 4.98 Å². The number of fused-ring (bicyclic) bond motifs is 1. The molecule has 0 atom stereocenters. The molecule has 0 aliphatic carbocycles. The standard InChI is InChI=1S/C16H9BrFNO/c17-13-7-6-10(9-14(13)18)16(20)12-3-1-5-15-11(12)4-2-8-19-15/h1-9H. The summed E-state index contributed by atoms with van der Waals surface area (Å²) in [4.78, 5) is 16.7. The summed E-state index contributed by atoms with van der Waals surface area (Å²) in [5, 5.41) is 0.767. The van der Waals surface area contributed by atoms with Crippen LogP contribution in [0, 0.1) is 5.82 Å². The first-order valence-electron chi connectivity index (χ1n) is 6.00. The van der Waals surface area contributed by atoms with Crippen LogP contribution in [-0.4, -0.2) is 10.8 Å². The van der Waals surface area contributed by atoms with Gasteiger partial charge in [0.2, 0.25) is 0 Å². The molecule has 3 aromatic rings. The highest BCUT2D eigenvalue weighted by molar-refractivity contribution is 9.10. The number of pyridine rings is 1. The van der Waals surface area contributed by atoms with E-state index in [1.54, 1.807) is 30.5 Å². The smallest absolute Gasteiger partial charge is 0.193 e. The summed E-state index contributed by atoms with van der Waals surface area (Å²) < 4.78 is 13.9. The average molecular weight is 330 g/mol. The van der Waals surface area contributed by atoms with E-state index in [2.05, 4.69) is 20.9 Å². The number of carbonyl (C=O) groups excluding carboxylic acids is 1. The Bertz CT molecular complexity index is 811. The van der Waals surface area contributed by atoms with Crippen LogP contribution >= 0.6 is 15.9 Å². The van der Waals surface area contributed by atoms with Gasteiger partial charge in [0, 0.05) is 22.7 Å². The molecule has 0 amide bonds. The van der Waals surface area contributed by atoms with E-state index in [-0.39, 0.29) is 5.78 Å². The third-order valence-corrected chi connectivity index (χ3v) is 3.72. The maximum absolute atomic E-state index is 13.6. The molecule has 98 valence electrons. The number of halogens is 2. The van der Waals surface area contributed by atoms with Gasteiger partial charge >= 0.3 is 0 Å². The molecule has 0 aliphatic heterocycles. The van der Waals surface area contributed by atoms with Gasteiger partial charge in [-0.2, -0.15) is 0 Å². The van der Waals surface area contributed by atoms with Crippen molar-refractivity contribution in [3.63, 3.8) is 0 Å².